The fourth-order valence-corrected chi connectivity index (χ4v) is 6.73. The normalized spacial score (nSPS) is 14.2. The van der Waals surface area contributed by atoms with E-state index in [1.54, 1.807) is 20.9 Å². The number of carbonyl (C=O) groups excluding carboxylic acids is 2. The molecule has 2 heterocycles. The van der Waals surface area contributed by atoms with Gasteiger partial charge in [-0.05, 0) is 37.3 Å². The zero-order valence-corrected chi connectivity index (χ0v) is 20.0. The minimum Gasteiger partial charge on any atom is -0.465 e. The SMILES string of the molecule is CCN(CC)S(=O)(=O)c1cc(C(=O)Nc2sc3c(c2C(=O)OC)CCCCC3)n(C)c1. The number of nitrogens with zero attached hydrogens (tertiary/aromatic N) is 2. The molecule has 2 aromatic heterocycles. The van der Waals surface area contributed by atoms with Crippen LogP contribution in [0.25, 0.3) is 0 Å². The van der Waals surface area contributed by atoms with Gasteiger partial charge in [0.05, 0.1) is 12.7 Å². The molecular formula is C21H29N3O5S2. The standard InChI is InChI=1S/C21H29N3O5S2/c1-5-24(6-2)31(27,28)14-12-16(23(3)13-14)19(25)22-20-18(21(26)29-4)15-10-8-7-9-11-17(15)30-20/h12-13H,5-11H2,1-4H3,(H,22,25). The number of carbonyl (C=O) groups is 2. The molecule has 1 aliphatic rings. The summed E-state index contributed by atoms with van der Waals surface area (Å²) in [7, 11) is -0.725. The lowest BCUT2D eigenvalue weighted by Crippen LogP contribution is -2.30. The Balaban J connectivity index is 1.94. The van der Waals surface area contributed by atoms with Crippen molar-refractivity contribution >= 4 is 38.2 Å². The molecule has 1 N–H and O–H groups in total. The van der Waals surface area contributed by atoms with E-state index >= 15 is 0 Å². The maximum Gasteiger partial charge on any atom is 0.341 e. The number of hydrogen-bond donors (Lipinski definition) is 1. The van der Waals surface area contributed by atoms with Crippen LogP contribution < -0.4 is 5.32 Å². The van der Waals surface area contributed by atoms with Crippen LogP contribution in [0.2, 0.25) is 0 Å². The maximum absolute atomic E-state index is 13.0. The van der Waals surface area contributed by atoms with Crippen molar-refractivity contribution in [3.63, 3.8) is 0 Å². The third kappa shape index (κ3) is 4.56. The van der Waals surface area contributed by atoms with Crippen LogP contribution in [-0.4, -0.2) is 49.4 Å². The smallest absolute Gasteiger partial charge is 0.341 e. The van der Waals surface area contributed by atoms with Gasteiger partial charge < -0.3 is 14.6 Å². The van der Waals surface area contributed by atoms with Gasteiger partial charge in [-0.1, -0.05) is 20.3 Å². The number of sulfonamides is 1. The van der Waals surface area contributed by atoms with Gasteiger partial charge in [0.25, 0.3) is 5.91 Å². The summed E-state index contributed by atoms with van der Waals surface area (Å²) >= 11 is 1.40. The predicted molar refractivity (Wildman–Crippen MR) is 120 cm³/mol. The lowest BCUT2D eigenvalue weighted by atomic mass is 10.1. The van der Waals surface area contributed by atoms with Gasteiger partial charge in [0, 0.05) is 31.2 Å². The summed E-state index contributed by atoms with van der Waals surface area (Å²) in [5.74, 6) is -0.934. The summed E-state index contributed by atoms with van der Waals surface area (Å²) in [6.07, 6.45) is 6.24. The van der Waals surface area contributed by atoms with E-state index in [1.165, 1.54) is 39.6 Å². The van der Waals surface area contributed by atoms with E-state index in [1.807, 2.05) is 0 Å². The molecule has 0 aromatic carbocycles. The highest BCUT2D eigenvalue weighted by Gasteiger charge is 2.29. The lowest BCUT2D eigenvalue weighted by Gasteiger charge is -2.17. The molecule has 8 nitrogen and oxygen atoms in total. The molecule has 1 amide bonds. The topological polar surface area (TPSA) is 97.7 Å². The number of thiophene rings is 1. The van der Waals surface area contributed by atoms with E-state index in [0.29, 0.717) is 23.7 Å². The van der Waals surface area contributed by atoms with Gasteiger partial charge in [-0.15, -0.1) is 11.3 Å². The van der Waals surface area contributed by atoms with Crippen LogP contribution >= 0.6 is 11.3 Å². The van der Waals surface area contributed by atoms with Crippen molar-refractivity contribution in [3.05, 3.63) is 34.0 Å². The van der Waals surface area contributed by atoms with E-state index in [9.17, 15) is 18.0 Å². The molecule has 0 aliphatic heterocycles. The van der Waals surface area contributed by atoms with Crippen LogP contribution in [0.3, 0.4) is 0 Å². The molecule has 1 aliphatic carbocycles. The van der Waals surface area contributed by atoms with Gasteiger partial charge in [0.15, 0.2) is 0 Å². The number of aromatic nitrogens is 1. The highest BCUT2D eigenvalue weighted by molar-refractivity contribution is 7.89. The molecule has 0 saturated carbocycles. The molecule has 2 aromatic rings. The van der Waals surface area contributed by atoms with Crippen LogP contribution in [0.4, 0.5) is 5.00 Å². The van der Waals surface area contributed by atoms with E-state index in [4.69, 9.17) is 4.74 Å². The Morgan fingerprint density at radius 2 is 1.87 bits per heavy atom. The third-order valence-electron chi connectivity index (χ3n) is 5.59. The van der Waals surface area contributed by atoms with Gasteiger partial charge >= 0.3 is 5.97 Å². The summed E-state index contributed by atoms with van der Waals surface area (Å²) in [4.78, 5) is 26.7. The molecule has 0 saturated heterocycles. The first-order valence-corrected chi connectivity index (χ1v) is 12.7. The number of esters is 1. The first kappa shape index (κ1) is 23.5. The zero-order chi connectivity index (χ0) is 22.8. The number of anilines is 1. The Labute approximate surface area is 187 Å². The summed E-state index contributed by atoms with van der Waals surface area (Å²) in [6, 6.07) is 1.37. The molecule has 31 heavy (non-hydrogen) atoms. The summed E-state index contributed by atoms with van der Waals surface area (Å²) in [5.41, 5.74) is 1.58. The van der Waals surface area contributed by atoms with E-state index < -0.39 is 21.9 Å². The van der Waals surface area contributed by atoms with Gasteiger partial charge in [0.1, 0.15) is 15.6 Å². The largest absolute Gasteiger partial charge is 0.465 e. The van der Waals surface area contributed by atoms with Crippen LogP contribution in [0.1, 0.15) is 64.4 Å². The van der Waals surface area contributed by atoms with Crippen molar-refractivity contribution in [2.24, 2.45) is 7.05 Å². The zero-order valence-electron chi connectivity index (χ0n) is 18.4. The van der Waals surface area contributed by atoms with Crippen LogP contribution in [0.5, 0.6) is 0 Å². The van der Waals surface area contributed by atoms with Crippen LogP contribution in [-0.2, 0) is 34.6 Å². The Hall–Kier alpha value is -2.17. The summed E-state index contributed by atoms with van der Waals surface area (Å²) in [6.45, 7) is 4.23. The second-order valence-corrected chi connectivity index (χ2v) is 10.5. The number of ether oxygens (including phenoxy) is 1. The van der Waals surface area contributed by atoms with Crippen molar-refractivity contribution in [3.8, 4) is 0 Å². The molecule has 0 atom stereocenters. The average Bonchev–Trinajstić information content (AvgIpc) is 3.20. The van der Waals surface area contributed by atoms with Crippen LogP contribution in [0, 0.1) is 0 Å². The molecule has 0 unspecified atom stereocenters. The summed E-state index contributed by atoms with van der Waals surface area (Å²) < 4.78 is 33.4. The fraction of sp³-hybridized carbons (Fsp3) is 0.524. The molecule has 0 bridgehead atoms. The first-order valence-electron chi connectivity index (χ1n) is 10.4. The van der Waals surface area contributed by atoms with Gasteiger partial charge in [-0.2, -0.15) is 4.31 Å². The first-order chi connectivity index (χ1) is 14.7. The highest BCUT2D eigenvalue weighted by atomic mass is 32.2. The lowest BCUT2D eigenvalue weighted by molar-refractivity contribution is 0.0601. The van der Waals surface area contributed by atoms with Crippen molar-refractivity contribution in [1.29, 1.82) is 0 Å². The Bertz CT molecular complexity index is 1080. The number of nitrogens with one attached hydrogen (secondary N) is 1. The van der Waals surface area contributed by atoms with Gasteiger partial charge in [-0.25, -0.2) is 13.2 Å². The molecule has 0 fully saturated rings. The predicted octanol–water partition coefficient (Wildman–Crippen LogP) is 3.42. The Morgan fingerprint density at radius 3 is 2.52 bits per heavy atom. The summed E-state index contributed by atoms with van der Waals surface area (Å²) in [5, 5.41) is 3.29. The highest BCUT2D eigenvalue weighted by Crippen LogP contribution is 2.38. The average molecular weight is 468 g/mol. The number of hydrogen-bond acceptors (Lipinski definition) is 6. The second kappa shape index (κ2) is 9.54. The molecule has 10 heteroatoms. The van der Waals surface area contributed by atoms with Crippen molar-refractivity contribution in [2.75, 3.05) is 25.5 Å². The minimum absolute atomic E-state index is 0.0685. The number of aryl methyl sites for hydroxylation is 2. The number of fused-ring (bicyclic) bond motifs is 1. The quantitative estimate of drug-likeness (QED) is 0.497. The van der Waals surface area contributed by atoms with Crippen molar-refractivity contribution < 1.29 is 22.7 Å². The number of amides is 1. The molecular weight excluding hydrogens is 438 g/mol. The molecule has 170 valence electrons. The monoisotopic (exact) mass is 467 g/mol. The van der Waals surface area contributed by atoms with E-state index in [2.05, 4.69) is 5.32 Å². The van der Waals surface area contributed by atoms with Crippen molar-refractivity contribution in [2.45, 2.75) is 50.8 Å². The van der Waals surface area contributed by atoms with Crippen LogP contribution in [0.15, 0.2) is 17.2 Å². The Morgan fingerprint density at radius 1 is 1.19 bits per heavy atom. The van der Waals surface area contributed by atoms with Gasteiger partial charge in [0.2, 0.25) is 10.0 Å². The Kier molecular flexibility index (Phi) is 7.23. The maximum atomic E-state index is 13.0. The fourth-order valence-electron chi connectivity index (χ4n) is 3.93. The molecule has 0 radical (unpaired) electrons. The van der Waals surface area contributed by atoms with Gasteiger partial charge in [-0.3, -0.25) is 4.79 Å². The van der Waals surface area contributed by atoms with Crippen molar-refractivity contribution in [1.82, 2.24) is 8.87 Å². The van der Waals surface area contributed by atoms with E-state index in [0.717, 1.165) is 42.5 Å². The minimum atomic E-state index is -3.68. The number of rotatable bonds is 7. The second-order valence-electron chi connectivity index (χ2n) is 7.48. The molecule has 3 rings (SSSR count). The molecule has 0 spiro atoms. The van der Waals surface area contributed by atoms with E-state index in [-0.39, 0.29) is 10.6 Å². The third-order valence-corrected chi connectivity index (χ3v) is 8.82. The number of methoxy groups -OCH3 is 1.